The van der Waals surface area contributed by atoms with Gasteiger partial charge < -0.3 is 9.88 Å². The van der Waals surface area contributed by atoms with Gasteiger partial charge in [0.15, 0.2) is 0 Å². The molecule has 0 bridgehead atoms. The molecular formula is C11H16BrN3O3. The quantitative estimate of drug-likeness (QED) is 0.664. The molecule has 0 aliphatic heterocycles. The maximum absolute atomic E-state index is 11.9. The van der Waals surface area contributed by atoms with Gasteiger partial charge >= 0.3 is 0 Å². The zero-order chi connectivity index (χ0) is 13.9. The van der Waals surface area contributed by atoms with Gasteiger partial charge in [0, 0.05) is 24.7 Å². The monoisotopic (exact) mass is 317 g/mol. The van der Waals surface area contributed by atoms with Crippen LogP contribution in [0, 0.1) is 17.0 Å². The average Bonchev–Trinajstić information content (AvgIpc) is 2.28. The van der Waals surface area contributed by atoms with Crippen LogP contribution >= 0.6 is 15.9 Å². The molecule has 0 radical (unpaired) electrons. The molecule has 100 valence electrons. The lowest BCUT2D eigenvalue weighted by atomic mass is 10.2. The number of aromatic nitrogens is 1. The van der Waals surface area contributed by atoms with Gasteiger partial charge in [0.1, 0.15) is 0 Å². The van der Waals surface area contributed by atoms with Gasteiger partial charge in [-0.1, -0.05) is 13.8 Å². The second-order valence-corrected chi connectivity index (χ2v) is 5.11. The topological polar surface area (TPSA) is 77.2 Å². The molecule has 0 saturated heterocycles. The fourth-order valence-electron chi connectivity index (χ4n) is 1.53. The molecule has 1 aromatic rings. The Kier molecular flexibility index (Phi) is 5.03. The lowest BCUT2D eigenvalue weighted by Crippen LogP contribution is -2.31. The van der Waals surface area contributed by atoms with Crippen LogP contribution in [0.5, 0.6) is 0 Å². The standard InChI is InChI=1S/C11H16BrN3O3/c1-7(2)13-4-5-14-6-9(15(17)18)8(3)10(12)11(14)16/h6-7,13H,4-5H2,1-3H3. The van der Waals surface area contributed by atoms with E-state index in [4.69, 9.17) is 0 Å². The minimum Gasteiger partial charge on any atom is -0.313 e. The number of nitrogens with one attached hydrogen (secondary N) is 1. The molecule has 0 fully saturated rings. The number of halogens is 1. The molecule has 0 aromatic carbocycles. The van der Waals surface area contributed by atoms with E-state index in [0.717, 1.165) is 0 Å². The maximum Gasteiger partial charge on any atom is 0.289 e. The molecule has 0 aliphatic carbocycles. The van der Waals surface area contributed by atoms with E-state index >= 15 is 0 Å². The first kappa shape index (κ1) is 14.8. The fraction of sp³-hybridized carbons (Fsp3) is 0.545. The average molecular weight is 318 g/mol. The minimum atomic E-state index is -0.480. The SMILES string of the molecule is Cc1c([N+](=O)[O-])cn(CCNC(C)C)c(=O)c1Br. The van der Waals surface area contributed by atoms with E-state index in [2.05, 4.69) is 21.2 Å². The van der Waals surface area contributed by atoms with Crippen molar-refractivity contribution in [1.82, 2.24) is 9.88 Å². The van der Waals surface area contributed by atoms with E-state index in [1.807, 2.05) is 13.8 Å². The number of hydrogen-bond donors (Lipinski definition) is 1. The van der Waals surface area contributed by atoms with Crippen molar-refractivity contribution >= 4 is 21.6 Å². The summed E-state index contributed by atoms with van der Waals surface area (Å²) in [6.07, 6.45) is 1.30. The summed E-state index contributed by atoms with van der Waals surface area (Å²) in [4.78, 5) is 22.3. The van der Waals surface area contributed by atoms with Gasteiger partial charge in [-0.2, -0.15) is 0 Å². The summed E-state index contributed by atoms with van der Waals surface area (Å²) in [6, 6.07) is 0.310. The predicted octanol–water partition coefficient (Wildman–Crippen LogP) is 1.83. The van der Waals surface area contributed by atoms with Crippen molar-refractivity contribution in [2.75, 3.05) is 6.54 Å². The summed E-state index contributed by atoms with van der Waals surface area (Å²) in [5, 5.41) is 14.0. The summed E-state index contributed by atoms with van der Waals surface area (Å²) in [7, 11) is 0. The Morgan fingerprint density at radius 2 is 2.17 bits per heavy atom. The zero-order valence-electron chi connectivity index (χ0n) is 10.6. The Bertz CT molecular complexity index is 511. The second kappa shape index (κ2) is 6.10. The van der Waals surface area contributed by atoms with Crippen molar-refractivity contribution in [1.29, 1.82) is 0 Å². The highest BCUT2D eigenvalue weighted by Gasteiger charge is 2.18. The van der Waals surface area contributed by atoms with E-state index < -0.39 is 4.92 Å². The maximum atomic E-state index is 11.9. The van der Waals surface area contributed by atoms with E-state index in [0.29, 0.717) is 24.7 Å². The van der Waals surface area contributed by atoms with Gasteiger partial charge in [-0.25, -0.2) is 0 Å². The smallest absolute Gasteiger partial charge is 0.289 e. The van der Waals surface area contributed by atoms with E-state index in [-0.39, 0.29) is 15.7 Å². The van der Waals surface area contributed by atoms with Gasteiger partial charge in [-0.05, 0) is 22.9 Å². The Balaban J connectivity index is 3.05. The number of nitrogens with zero attached hydrogens (tertiary/aromatic N) is 2. The van der Waals surface area contributed by atoms with Gasteiger partial charge in [0.25, 0.3) is 11.2 Å². The molecule has 0 saturated carbocycles. The number of rotatable bonds is 5. The minimum absolute atomic E-state index is 0.0500. The van der Waals surface area contributed by atoms with Crippen LogP contribution in [-0.2, 0) is 6.54 Å². The Morgan fingerprint density at radius 1 is 1.56 bits per heavy atom. The summed E-state index contributed by atoms with van der Waals surface area (Å²) in [6.45, 7) is 6.54. The Labute approximate surface area is 113 Å². The zero-order valence-corrected chi connectivity index (χ0v) is 12.2. The number of hydrogen-bond acceptors (Lipinski definition) is 4. The summed E-state index contributed by atoms with van der Waals surface area (Å²) >= 11 is 3.11. The third-order valence-corrected chi connectivity index (χ3v) is 3.48. The summed E-state index contributed by atoms with van der Waals surface area (Å²) in [5.41, 5.74) is 0.0627. The van der Waals surface area contributed by atoms with Crippen molar-refractivity contribution in [2.24, 2.45) is 0 Å². The number of nitro groups is 1. The van der Waals surface area contributed by atoms with Gasteiger partial charge in [-0.15, -0.1) is 0 Å². The third-order valence-electron chi connectivity index (χ3n) is 2.54. The van der Waals surface area contributed by atoms with Gasteiger partial charge in [0.05, 0.1) is 15.6 Å². The van der Waals surface area contributed by atoms with Crippen LogP contribution in [0.15, 0.2) is 15.5 Å². The molecule has 1 aromatic heterocycles. The molecule has 18 heavy (non-hydrogen) atoms. The van der Waals surface area contributed by atoms with Crippen molar-refractivity contribution in [2.45, 2.75) is 33.4 Å². The first-order valence-electron chi connectivity index (χ1n) is 5.62. The molecule has 6 nitrogen and oxygen atoms in total. The second-order valence-electron chi connectivity index (χ2n) is 4.32. The third kappa shape index (κ3) is 3.39. The van der Waals surface area contributed by atoms with Crippen LogP contribution in [0.3, 0.4) is 0 Å². The van der Waals surface area contributed by atoms with Gasteiger partial charge in [0.2, 0.25) is 0 Å². The van der Waals surface area contributed by atoms with Crippen LogP contribution in [0.2, 0.25) is 0 Å². The highest BCUT2D eigenvalue weighted by Crippen LogP contribution is 2.21. The van der Waals surface area contributed by atoms with Crippen molar-refractivity contribution < 1.29 is 4.92 Å². The Morgan fingerprint density at radius 3 is 2.67 bits per heavy atom. The lowest BCUT2D eigenvalue weighted by Gasteiger charge is -2.11. The largest absolute Gasteiger partial charge is 0.313 e. The van der Waals surface area contributed by atoms with Crippen molar-refractivity contribution in [3.63, 3.8) is 0 Å². The first-order valence-corrected chi connectivity index (χ1v) is 6.41. The highest BCUT2D eigenvalue weighted by molar-refractivity contribution is 9.10. The molecule has 1 rings (SSSR count). The van der Waals surface area contributed by atoms with Crippen LogP contribution in [0.4, 0.5) is 5.69 Å². The molecular weight excluding hydrogens is 302 g/mol. The molecule has 0 spiro atoms. The van der Waals surface area contributed by atoms with E-state index in [1.165, 1.54) is 10.8 Å². The first-order chi connectivity index (χ1) is 8.34. The fourth-order valence-corrected chi connectivity index (χ4v) is 1.96. The van der Waals surface area contributed by atoms with Crippen molar-refractivity contribution in [3.8, 4) is 0 Å². The highest BCUT2D eigenvalue weighted by atomic mass is 79.9. The molecule has 1 heterocycles. The van der Waals surface area contributed by atoms with E-state index in [9.17, 15) is 14.9 Å². The molecule has 7 heteroatoms. The van der Waals surface area contributed by atoms with E-state index in [1.54, 1.807) is 6.92 Å². The summed E-state index contributed by atoms with van der Waals surface area (Å²) < 4.78 is 1.60. The summed E-state index contributed by atoms with van der Waals surface area (Å²) in [5.74, 6) is 0. The van der Waals surface area contributed by atoms with Crippen molar-refractivity contribution in [3.05, 3.63) is 36.7 Å². The number of pyridine rings is 1. The molecule has 0 atom stereocenters. The Hall–Kier alpha value is -1.21. The van der Waals surface area contributed by atoms with Gasteiger partial charge in [-0.3, -0.25) is 14.9 Å². The molecule has 0 aliphatic rings. The normalized spacial score (nSPS) is 10.9. The lowest BCUT2D eigenvalue weighted by molar-refractivity contribution is -0.386. The van der Waals surface area contributed by atoms with Crippen LogP contribution in [0.25, 0.3) is 0 Å². The molecule has 0 amide bonds. The predicted molar refractivity (Wildman–Crippen MR) is 72.9 cm³/mol. The van der Waals surface area contributed by atoms with Crippen LogP contribution in [-0.4, -0.2) is 22.1 Å². The molecule has 1 N–H and O–H groups in total. The van der Waals surface area contributed by atoms with Crippen LogP contribution < -0.4 is 10.9 Å². The molecule has 0 unspecified atom stereocenters. The van der Waals surface area contributed by atoms with Crippen LogP contribution in [0.1, 0.15) is 19.4 Å².